The first-order valence-electron chi connectivity index (χ1n) is 6.75. The first-order chi connectivity index (χ1) is 11.3. The van der Waals surface area contributed by atoms with Gasteiger partial charge in [-0.3, -0.25) is 4.79 Å². The average Bonchev–Trinajstić information content (AvgIpc) is 2.88. The van der Waals surface area contributed by atoms with E-state index < -0.39 is 17.9 Å². The van der Waals surface area contributed by atoms with Crippen LogP contribution in [0.4, 0.5) is 0 Å². The van der Waals surface area contributed by atoms with Gasteiger partial charge in [0.1, 0.15) is 11.5 Å². The Bertz CT molecular complexity index is 758. The number of amides is 1. The third-order valence-electron chi connectivity index (χ3n) is 3.06. The topological polar surface area (TPSA) is 106 Å². The fourth-order valence-corrected chi connectivity index (χ4v) is 2.51. The lowest BCUT2D eigenvalue weighted by Crippen LogP contribution is -2.44. The van der Waals surface area contributed by atoms with E-state index in [1.54, 1.807) is 25.1 Å². The number of benzene rings is 1. The van der Waals surface area contributed by atoms with Crippen LogP contribution in [0.5, 0.6) is 0 Å². The van der Waals surface area contributed by atoms with Crippen LogP contribution in [-0.2, 0) is 9.53 Å². The number of rotatable bonds is 6. The van der Waals surface area contributed by atoms with Crippen LogP contribution in [0.3, 0.4) is 0 Å². The van der Waals surface area contributed by atoms with Crippen molar-refractivity contribution in [2.45, 2.75) is 13.0 Å². The summed E-state index contributed by atoms with van der Waals surface area (Å²) < 4.78 is 6.08. The third-order valence-corrected chi connectivity index (χ3v) is 3.67. The van der Waals surface area contributed by atoms with Gasteiger partial charge < -0.3 is 15.2 Å². The van der Waals surface area contributed by atoms with Gasteiger partial charge in [-0.25, -0.2) is 14.5 Å². The van der Waals surface area contributed by atoms with Gasteiger partial charge in [0.15, 0.2) is 6.04 Å². The number of hydrogen-bond donors (Lipinski definition) is 2. The minimum atomic E-state index is -1.23. The Morgan fingerprint density at radius 3 is 2.54 bits per heavy atom. The number of nitrogens with zero attached hydrogens (tertiary/aromatic N) is 3. The normalized spacial score (nSPS) is 12.0. The molecule has 0 spiro atoms. The van der Waals surface area contributed by atoms with Crippen LogP contribution >= 0.6 is 23.2 Å². The van der Waals surface area contributed by atoms with E-state index >= 15 is 0 Å². The van der Waals surface area contributed by atoms with Gasteiger partial charge in [-0.1, -0.05) is 29.3 Å². The molecule has 128 valence electrons. The third kappa shape index (κ3) is 3.84. The Labute approximate surface area is 147 Å². The summed E-state index contributed by atoms with van der Waals surface area (Å²) >= 11 is 12.2. The Hall–Kier alpha value is -2.16. The zero-order valence-corrected chi connectivity index (χ0v) is 14.3. The van der Waals surface area contributed by atoms with Crippen molar-refractivity contribution in [1.29, 1.82) is 0 Å². The second-order valence-electron chi connectivity index (χ2n) is 4.78. The second-order valence-corrected chi connectivity index (χ2v) is 5.60. The molecular weight excluding hydrogens is 359 g/mol. The number of methoxy groups -OCH3 is 1. The van der Waals surface area contributed by atoms with E-state index in [1.807, 2.05) is 0 Å². The zero-order chi connectivity index (χ0) is 17.9. The molecule has 0 bridgehead atoms. The largest absolute Gasteiger partial charge is 0.480 e. The van der Waals surface area contributed by atoms with Gasteiger partial charge in [0.2, 0.25) is 5.82 Å². The van der Waals surface area contributed by atoms with E-state index in [1.165, 1.54) is 11.8 Å². The maximum atomic E-state index is 12.2. The van der Waals surface area contributed by atoms with E-state index in [2.05, 4.69) is 15.4 Å². The Morgan fingerprint density at radius 1 is 1.38 bits per heavy atom. The molecule has 0 aliphatic rings. The predicted molar refractivity (Wildman–Crippen MR) is 86.9 cm³/mol. The van der Waals surface area contributed by atoms with Crippen molar-refractivity contribution in [1.82, 2.24) is 20.1 Å². The summed E-state index contributed by atoms with van der Waals surface area (Å²) in [4.78, 5) is 27.3. The maximum Gasteiger partial charge on any atom is 0.328 e. The molecule has 1 aromatic heterocycles. The molecule has 24 heavy (non-hydrogen) atoms. The van der Waals surface area contributed by atoms with Gasteiger partial charge in [0, 0.05) is 7.11 Å². The minimum absolute atomic E-state index is 0.183. The lowest BCUT2D eigenvalue weighted by atomic mass is 10.3. The zero-order valence-electron chi connectivity index (χ0n) is 12.8. The number of para-hydroxylation sites is 1. The summed E-state index contributed by atoms with van der Waals surface area (Å²) in [5.41, 5.74) is 0.386. The molecule has 0 radical (unpaired) electrons. The van der Waals surface area contributed by atoms with Crippen LogP contribution in [0.2, 0.25) is 10.0 Å². The number of ether oxygens (including phenoxy) is 1. The molecule has 1 heterocycles. The molecule has 8 nitrogen and oxygen atoms in total. The number of aryl methyl sites for hydroxylation is 1. The van der Waals surface area contributed by atoms with Gasteiger partial charge in [-0.2, -0.15) is 0 Å². The average molecular weight is 373 g/mol. The number of carboxylic acids is 1. The van der Waals surface area contributed by atoms with E-state index in [0.29, 0.717) is 21.6 Å². The molecule has 0 fully saturated rings. The highest BCUT2D eigenvalue weighted by Crippen LogP contribution is 2.28. The number of aromatic nitrogens is 3. The molecule has 0 aliphatic heterocycles. The minimum Gasteiger partial charge on any atom is -0.480 e. The van der Waals surface area contributed by atoms with Crippen molar-refractivity contribution >= 4 is 35.1 Å². The highest BCUT2D eigenvalue weighted by atomic mass is 35.5. The summed E-state index contributed by atoms with van der Waals surface area (Å²) in [6.45, 7) is 1.43. The van der Waals surface area contributed by atoms with Crippen molar-refractivity contribution in [2.24, 2.45) is 0 Å². The molecule has 1 atom stereocenters. The first-order valence-corrected chi connectivity index (χ1v) is 7.51. The molecule has 2 rings (SSSR count). The fourth-order valence-electron chi connectivity index (χ4n) is 1.95. The fraction of sp³-hybridized carbons (Fsp3) is 0.286. The van der Waals surface area contributed by atoms with E-state index in [-0.39, 0.29) is 12.4 Å². The van der Waals surface area contributed by atoms with Crippen LogP contribution in [0, 0.1) is 6.92 Å². The monoisotopic (exact) mass is 372 g/mol. The van der Waals surface area contributed by atoms with Gasteiger partial charge in [-0.15, -0.1) is 5.10 Å². The SMILES string of the molecule is COCC(NC(=O)c1nc(C)n(-c2c(Cl)cccc2Cl)n1)C(=O)O. The van der Waals surface area contributed by atoms with Crippen LogP contribution in [0.1, 0.15) is 16.4 Å². The molecule has 0 saturated heterocycles. The van der Waals surface area contributed by atoms with Gasteiger partial charge in [0.05, 0.1) is 16.7 Å². The summed E-state index contributed by atoms with van der Waals surface area (Å²) in [7, 11) is 1.33. The number of carbonyl (C=O) groups is 2. The van der Waals surface area contributed by atoms with Crippen LogP contribution in [-0.4, -0.2) is 51.5 Å². The molecule has 2 N–H and O–H groups in total. The quantitative estimate of drug-likeness (QED) is 0.799. The van der Waals surface area contributed by atoms with Gasteiger partial charge in [0.25, 0.3) is 5.91 Å². The maximum absolute atomic E-state index is 12.2. The number of aliphatic carboxylic acids is 1. The van der Waals surface area contributed by atoms with Crippen molar-refractivity contribution in [3.8, 4) is 5.69 Å². The number of carboxylic acid groups (broad SMARTS) is 1. The molecule has 0 aliphatic carbocycles. The second kappa shape index (κ2) is 7.61. The Morgan fingerprint density at radius 2 is 2.00 bits per heavy atom. The van der Waals surface area contributed by atoms with Crippen LogP contribution in [0.15, 0.2) is 18.2 Å². The van der Waals surface area contributed by atoms with Crippen LogP contribution in [0.25, 0.3) is 5.69 Å². The lowest BCUT2D eigenvalue weighted by molar-refractivity contribution is -0.140. The highest BCUT2D eigenvalue weighted by Gasteiger charge is 2.24. The molecular formula is C14H14Cl2N4O4. The summed E-state index contributed by atoms with van der Waals surface area (Å²) in [5, 5.41) is 16.1. The van der Waals surface area contributed by atoms with Crippen LogP contribution < -0.4 is 5.32 Å². The summed E-state index contributed by atoms with van der Waals surface area (Å²) in [5.74, 6) is -1.81. The van der Waals surface area contributed by atoms with E-state index in [9.17, 15) is 9.59 Å². The molecule has 2 aromatic rings. The van der Waals surface area contributed by atoms with Gasteiger partial charge in [-0.05, 0) is 19.1 Å². The van der Waals surface area contributed by atoms with Gasteiger partial charge >= 0.3 is 5.97 Å². The van der Waals surface area contributed by atoms with E-state index in [4.69, 9.17) is 33.0 Å². The van der Waals surface area contributed by atoms with Crippen molar-refractivity contribution in [3.63, 3.8) is 0 Å². The first kappa shape index (κ1) is 18.2. The molecule has 10 heteroatoms. The number of nitrogens with one attached hydrogen (secondary N) is 1. The Balaban J connectivity index is 2.31. The predicted octanol–water partition coefficient (Wildman–Crippen LogP) is 1.71. The number of halogens is 2. The molecule has 1 aromatic carbocycles. The molecule has 0 saturated carbocycles. The Kier molecular flexibility index (Phi) is 5.76. The summed E-state index contributed by atoms with van der Waals surface area (Å²) in [6.07, 6.45) is 0. The highest BCUT2D eigenvalue weighted by molar-refractivity contribution is 6.37. The molecule has 1 amide bonds. The summed E-state index contributed by atoms with van der Waals surface area (Å²) in [6, 6.07) is 3.72. The smallest absolute Gasteiger partial charge is 0.328 e. The number of hydrogen-bond acceptors (Lipinski definition) is 5. The lowest BCUT2D eigenvalue weighted by Gasteiger charge is -2.11. The number of carbonyl (C=O) groups excluding carboxylic acids is 1. The van der Waals surface area contributed by atoms with Crippen molar-refractivity contribution < 1.29 is 19.4 Å². The van der Waals surface area contributed by atoms with E-state index in [0.717, 1.165) is 0 Å². The standard InChI is InChI=1S/C14H14Cl2N4O4/c1-7-17-12(13(21)18-10(6-24-2)14(22)23)19-20(7)11-8(15)4-3-5-9(11)16/h3-5,10H,6H2,1-2H3,(H,18,21)(H,22,23). The molecule has 1 unspecified atom stereocenters. The van der Waals surface area contributed by atoms with Crippen molar-refractivity contribution in [3.05, 3.63) is 39.9 Å². The van der Waals surface area contributed by atoms with Crippen molar-refractivity contribution in [2.75, 3.05) is 13.7 Å².